The normalized spacial score (nSPS) is 24.7. The van der Waals surface area contributed by atoms with Gasteiger partial charge in [0.2, 0.25) is 5.60 Å². The van der Waals surface area contributed by atoms with Crippen LogP contribution in [-0.2, 0) is 38.4 Å². The molecule has 48 heavy (non-hydrogen) atoms. The highest BCUT2D eigenvalue weighted by Gasteiger charge is 2.63. The molecule has 0 spiro atoms. The van der Waals surface area contributed by atoms with E-state index in [4.69, 9.17) is 20.1 Å². The van der Waals surface area contributed by atoms with Crippen molar-refractivity contribution in [1.29, 1.82) is 0 Å². The van der Waals surface area contributed by atoms with Gasteiger partial charge in [0.1, 0.15) is 24.4 Å². The Bertz CT molecular complexity index is 1990. The van der Waals surface area contributed by atoms with Gasteiger partial charge in [-0.2, -0.15) is 5.06 Å². The fourth-order valence-corrected chi connectivity index (χ4v) is 6.60. The number of thiazole rings is 1. The van der Waals surface area contributed by atoms with Gasteiger partial charge in [0.05, 0.1) is 18.1 Å². The van der Waals surface area contributed by atoms with Crippen LogP contribution in [0.4, 0.5) is 5.13 Å². The van der Waals surface area contributed by atoms with Gasteiger partial charge in [-0.05, 0) is 5.41 Å². The van der Waals surface area contributed by atoms with Crippen molar-refractivity contribution in [2.24, 2.45) is 10.6 Å². The maximum atomic E-state index is 13.5. The van der Waals surface area contributed by atoms with Crippen LogP contribution in [0, 0.1) is 5.41 Å². The molecule has 3 aliphatic rings. The number of carboxylic acid groups (broad SMARTS) is 2. The summed E-state index contributed by atoms with van der Waals surface area (Å²) < 4.78 is 6.89. The van der Waals surface area contributed by atoms with E-state index in [1.165, 1.54) is 5.38 Å². The van der Waals surface area contributed by atoms with Crippen molar-refractivity contribution in [1.82, 2.24) is 24.3 Å². The van der Waals surface area contributed by atoms with Crippen molar-refractivity contribution in [2.45, 2.75) is 56.5 Å². The second kappa shape index (κ2) is 10.9. The number of nitrogens with one attached hydrogen (secondary N) is 1. The molecule has 1 aliphatic carbocycles. The number of aromatic nitrogens is 3. The van der Waals surface area contributed by atoms with Crippen LogP contribution in [0.5, 0.6) is 11.5 Å². The third kappa shape index (κ3) is 5.12. The lowest BCUT2D eigenvalue weighted by molar-refractivity contribution is -0.256. The first-order valence-corrected chi connectivity index (χ1v) is 15.0. The number of nitrogen functional groups attached to an aromatic ring is 1. The number of pyridine rings is 1. The van der Waals surface area contributed by atoms with Crippen LogP contribution >= 0.6 is 11.3 Å². The average molecular weight is 690 g/mol. The maximum Gasteiger partial charge on any atom is 0.372 e. The summed E-state index contributed by atoms with van der Waals surface area (Å²) in [5, 5.41) is 47.3. The lowest BCUT2D eigenvalue weighted by atomic mass is 9.61. The first-order chi connectivity index (χ1) is 22.5. The summed E-state index contributed by atoms with van der Waals surface area (Å²) in [6, 6.07) is -2.11. The summed E-state index contributed by atoms with van der Waals surface area (Å²) in [6.45, 7) is 3.03. The second-order valence-corrected chi connectivity index (χ2v) is 13.2. The fourth-order valence-electron chi connectivity index (χ4n) is 6.05. The zero-order valence-corrected chi connectivity index (χ0v) is 25.8. The van der Waals surface area contributed by atoms with E-state index in [0.717, 1.165) is 38.8 Å². The minimum absolute atomic E-state index is 0.0412. The van der Waals surface area contributed by atoms with E-state index in [-0.39, 0.29) is 39.7 Å². The standard InChI is InChI=1S/C27H27N7O13S/c1-25(2)9-26(10-25,21(40)41)47-31-17(13-8-48-23(28)30-13)18(37)29-12-7-45-34(19(12)38)27(22(42)43)4-14(20(39)46-27)33-5-11-3-15(35)16(36)6-32(11)24(33)44/h3,5-6,8,12,14,35-36H,4,7,9-10H2,1-2H3,(H2,28,30)(H,29,37)(H,40,41)(H,42,43)/b31-17-/t12-,14?,27?/m0/s1. The Balaban J connectivity index is 1.24. The number of carboxylic acids is 2. The molecule has 0 aromatic carbocycles. The highest BCUT2D eigenvalue weighted by atomic mass is 32.1. The number of rotatable bonds is 9. The molecule has 2 aliphatic heterocycles. The van der Waals surface area contributed by atoms with Gasteiger partial charge < -0.3 is 41.1 Å². The number of hydrogen-bond acceptors (Lipinski definition) is 15. The van der Waals surface area contributed by atoms with Gasteiger partial charge in [0.25, 0.3) is 11.8 Å². The molecule has 7 N–H and O–H groups in total. The Morgan fingerprint density at radius 2 is 1.83 bits per heavy atom. The van der Waals surface area contributed by atoms with Crippen molar-refractivity contribution in [2.75, 3.05) is 12.3 Å². The fraction of sp³-hybridized carbons (Fsp3) is 0.407. The Kier molecular flexibility index (Phi) is 7.35. The minimum Gasteiger partial charge on any atom is -0.504 e. The number of aliphatic carboxylic acids is 2. The molecule has 0 bridgehead atoms. The highest BCUT2D eigenvalue weighted by Crippen LogP contribution is 2.50. The minimum atomic E-state index is -2.77. The molecule has 1 saturated carbocycles. The molecule has 5 heterocycles. The first kappa shape index (κ1) is 32.2. The quantitative estimate of drug-likeness (QED) is 0.0905. The number of ether oxygens (including phenoxy) is 1. The number of amides is 2. The summed E-state index contributed by atoms with van der Waals surface area (Å²) in [5.41, 5.74) is -0.623. The number of cyclic esters (lactones) is 1. The molecule has 3 fully saturated rings. The van der Waals surface area contributed by atoms with E-state index in [2.05, 4.69) is 15.5 Å². The van der Waals surface area contributed by atoms with Gasteiger partial charge in [-0.3, -0.25) is 23.4 Å². The van der Waals surface area contributed by atoms with Crippen LogP contribution in [-0.4, -0.2) is 98.8 Å². The average Bonchev–Trinajstić information content (AvgIpc) is 3.74. The molecule has 21 heteroatoms. The molecule has 6 rings (SSSR count). The number of carbonyl (C=O) groups is 5. The van der Waals surface area contributed by atoms with Crippen LogP contribution in [0.2, 0.25) is 0 Å². The summed E-state index contributed by atoms with van der Waals surface area (Å²) in [6.07, 6.45) is 1.38. The molecule has 20 nitrogen and oxygen atoms in total. The van der Waals surface area contributed by atoms with E-state index >= 15 is 0 Å². The van der Waals surface area contributed by atoms with E-state index in [1.54, 1.807) is 0 Å². The molecule has 2 saturated heterocycles. The van der Waals surface area contributed by atoms with Crippen molar-refractivity contribution in [3.8, 4) is 11.5 Å². The van der Waals surface area contributed by atoms with Crippen molar-refractivity contribution < 1.29 is 58.8 Å². The molecule has 2 amide bonds. The number of anilines is 1. The SMILES string of the molecule is CC1(C)CC(O/N=C(\C(=O)N[C@H]2CON(C3(C(=O)O)CC(n4cc5cc(O)c(O)cn5c4=O)C(=O)O3)C2=O)c2csc(N)n2)(C(=O)O)C1. The predicted octanol–water partition coefficient (Wildman–Crippen LogP) is -0.857. The van der Waals surface area contributed by atoms with Gasteiger partial charge in [-0.15, -0.1) is 11.3 Å². The number of nitrogens with zero attached hydrogens (tertiary/aromatic N) is 5. The van der Waals surface area contributed by atoms with Crippen LogP contribution in [0.3, 0.4) is 0 Å². The number of oxime groups is 1. The zero-order chi connectivity index (χ0) is 34.9. The summed E-state index contributed by atoms with van der Waals surface area (Å²) in [7, 11) is 0. The molecule has 0 radical (unpaired) electrons. The number of nitrogens with two attached hydrogens (primary N) is 1. The first-order valence-electron chi connectivity index (χ1n) is 14.1. The molecule has 3 aromatic heterocycles. The molecule has 3 atom stereocenters. The molecule has 2 unspecified atom stereocenters. The van der Waals surface area contributed by atoms with Crippen LogP contribution < -0.4 is 16.7 Å². The number of hydrogen-bond donors (Lipinski definition) is 6. The van der Waals surface area contributed by atoms with E-state index in [0.29, 0.717) is 0 Å². The lowest BCUT2D eigenvalue weighted by Crippen LogP contribution is -2.57. The largest absolute Gasteiger partial charge is 0.504 e. The van der Waals surface area contributed by atoms with E-state index in [1.807, 2.05) is 13.8 Å². The number of imidazole rings is 1. The summed E-state index contributed by atoms with van der Waals surface area (Å²) in [4.78, 5) is 92.2. The number of aromatic hydroxyl groups is 2. The van der Waals surface area contributed by atoms with E-state index < -0.39 is 89.1 Å². The Morgan fingerprint density at radius 3 is 2.44 bits per heavy atom. The maximum absolute atomic E-state index is 13.5. The van der Waals surface area contributed by atoms with Crippen molar-refractivity contribution >= 4 is 57.4 Å². The van der Waals surface area contributed by atoms with Crippen molar-refractivity contribution in [3.05, 3.63) is 40.0 Å². The topological polar surface area (TPSA) is 287 Å². The second-order valence-electron chi connectivity index (χ2n) is 12.3. The summed E-state index contributed by atoms with van der Waals surface area (Å²) in [5.74, 6) is -7.76. The Morgan fingerprint density at radius 1 is 1.12 bits per heavy atom. The number of fused-ring (bicyclic) bond motifs is 1. The Hall–Kier alpha value is -5.70. The van der Waals surface area contributed by atoms with Crippen LogP contribution in [0.15, 0.2) is 33.8 Å². The van der Waals surface area contributed by atoms with Gasteiger partial charge in [0, 0.05) is 30.5 Å². The van der Waals surface area contributed by atoms with Gasteiger partial charge >= 0.3 is 29.3 Å². The zero-order valence-electron chi connectivity index (χ0n) is 25.0. The van der Waals surface area contributed by atoms with Gasteiger partial charge in [0.15, 0.2) is 22.3 Å². The van der Waals surface area contributed by atoms with Crippen LogP contribution in [0.25, 0.3) is 5.52 Å². The molecule has 3 aromatic rings. The highest BCUT2D eigenvalue weighted by molar-refractivity contribution is 7.13. The molecular weight excluding hydrogens is 662 g/mol. The third-order valence-electron chi connectivity index (χ3n) is 8.17. The number of esters is 1. The monoisotopic (exact) mass is 689 g/mol. The predicted molar refractivity (Wildman–Crippen MR) is 157 cm³/mol. The smallest absolute Gasteiger partial charge is 0.372 e. The Labute approximate surface area is 271 Å². The van der Waals surface area contributed by atoms with Gasteiger partial charge in [-0.25, -0.2) is 24.2 Å². The lowest BCUT2D eigenvalue weighted by Gasteiger charge is -2.47. The third-order valence-corrected chi connectivity index (χ3v) is 8.84. The van der Waals surface area contributed by atoms with Gasteiger partial charge in [-0.1, -0.05) is 19.0 Å². The van der Waals surface area contributed by atoms with Crippen LogP contribution in [0.1, 0.15) is 44.8 Å². The number of carbonyl (C=O) groups excluding carboxylic acids is 3. The molecule has 254 valence electrons. The van der Waals surface area contributed by atoms with E-state index in [9.17, 15) is 49.2 Å². The van der Waals surface area contributed by atoms with Crippen molar-refractivity contribution in [3.63, 3.8) is 0 Å². The molecular formula is C27H27N7O13S. The number of hydroxylamine groups is 2. The summed E-state index contributed by atoms with van der Waals surface area (Å²) >= 11 is 0.944.